The van der Waals surface area contributed by atoms with Crippen LogP contribution in [0.25, 0.3) is 22.3 Å². The number of anilines is 4. The number of aryl methyl sites for hydroxylation is 2. The normalized spacial score (nSPS) is 24.1. The first-order chi connectivity index (χ1) is 32.0. The largest absolute Gasteiger partial charge is 0.453 e. The highest BCUT2D eigenvalue weighted by molar-refractivity contribution is 5.85. The average Bonchev–Trinajstić information content (AvgIpc) is 4.19. The molecule has 0 saturated heterocycles. The Bertz CT molecular complexity index is 2640. The molecule has 3 saturated carbocycles. The molecule has 0 spiro atoms. The number of ether oxygens (including phenoxy) is 2. The molecule has 3 aliphatic rings. The lowest BCUT2D eigenvalue weighted by atomic mass is 9.91. The number of nitrogens with one attached hydrogen (secondary N) is 6. The number of aromatic nitrogens is 12. The summed E-state index contributed by atoms with van der Waals surface area (Å²) in [6.07, 6.45) is 14.6. The molecule has 2 amide bonds. The Hall–Kier alpha value is -6.82. The first kappa shape index (κ1) is 44.4. The summed E-state index contributed by atoms with van der Waals surface area (Å²) in [6.45, 7) is 1.11. The lowest BCUT2D eigenvalue weighted by Crippen LogP contribution is -2.43. The van der Waals surface area contributed by atoms with Crippen molar-refractivity contribution < 1.29 is 29.3 Å². The van der Waals surface area contributed by atoms with Gasteiger partial charge in [-0.05, 0) is 51.4 Å². The summed E-state index contributed by atoms with van der Waals surface area (Å²) < 4.78 is 17.3. The Morgan fingerprint density at radius 3 is 1.68 bits per heavy atom. The summed E-state index contributed by atoms with van der Waals surface area (Å²) in [6, 6.07) is -1.13. The highest BCUT2D eigenvalue weighted by atomic mass is 16.5. The van der Waals surface area contributed by atoms with E-state index in [4.69, 9.17) is 39.4 Å². The van der Waals surface area contributed by atoms with Gasteiger partial charge in [0, 0.05) is 76.6 Å². The zero-order valence-corrected chi connectivity index (χ0v) is 37.5. The number of amides is 2. The molecular weight excluding hydrogens is 853 g/mol. The second-order valence-corrected chi connectivity index (χ2v) is 17.5. The van der Waals surface area contributed by atoms with Crippen molar-refractivity contribution in [1.82, 2.24) is 68.8 Å². The van der Waals surface area contributed by atoms with Crippen molar-refractivity contribution in [2.24, 2.45) is 14.1 Å². The van der Waals surface area contributed by atoms with Crippen LogP contribution in [0, 0.1) is 0 Å². The van der Waals surface area contributed by atoms with Crippen LogP contribution in [0.3, 0.4) is 0 Å². The minimum absolute atomic E-state index is 0.00731. The zero-order chi connectivity index (χ0) is 45.9. The number of nitrogens with zero attached hydrogens (tertiary/aromatic N) is 12. The highest BCUT2D eigenvalue weighted by Gasteiger charge is 2.44. The highest BCUT2D eigenvalue weighted by Crippen LogP contribution is 2.37. The van der Waals surface area contributed by atoms with E-state index in [9.17, 15) is 19.8 Å². The molecule has 6 aromatic heterocycles. The van der Waals surface area contributed by atoms with Crippen LogP contribution in [0.15, 0.2) is 37.7 Å². The van der Waals surface area contributed by atoms with Gasteiger partial charge in [0.05, 0.1) is 63.0 Å². The van der Waals surface area contributed by atoms with Crippen LogP contribution in [0.2, 0.25) is 0 Å². The molecule has 24 nitrogen and oxygen atoms in total. The van der Waals surface area contributed by atoms with Crippen LogP contribution >= 0.6 is 0 Å². The Kier molecular flexibility index (Phi) is 13.0. The monoisotopic (exact) mass is 910 g/mol. The Balaban J connectivity index is 0.913. The molecule has 0 bridgehead atoms. The number of fused-ring (bicyclic) bond motifs is 2. The Morgan fingerprint density at radius 2 is 1.15 bits per heavy atom. The number of imidazole rings is 4. The fourth-order valence-electron chi connectivity index (χ4n) is 9.47. The lowest BCUT2D eigenvalue weighted by molar-refractivity contribution is 0.0142. The molecule has 66 heavy (non-hydrogen) atoms. The van der Waals surface area contributed by atoms with E-state index in [1.54, 1.807) is 23.5 Å². The van der Waals surface area contributed by atoms with Gasteiger partial charge in [0.25, 0.3) is 0 Å². The molecule has 6 atom stereocenters. The second kappa shape index (κ2) is 19.3. The van der Waals surface area contributed by atoms with Crippen molar-refractivity contribution in [3.8, 4) is 0 Å². The molecule has 0 aromatic carbocycles. The van der Waals surface area contributed by atoms with E-state index in [0.29, 0.717) is 66.1 Å². The maximum Gasteiger partial charge on any atom is 0.407 e. The van der Waals surface area contributed by atoms with Crippen molar-refractivity contribution in [2.45, 2.75) is 113 Å². The summed E-state index contributed by atoms with van der Waals surface area (Å²) in [4.78, 5) is 62.1. The molecule has 3 aliphatic carbocycles. The third kappa shape index (κ3) is 9.73. The number of carbonyl (C=O) groups excluding carboxylic acids is 2. The first-order valence-electron chi connectivity index (χ1n) is 22.5. The van der Waals surface area contributed by atoms with E-state index in [0.717, 1.165) is 62.0 Å². The predicted octanol–water partition coefficient (Wildman–Crippen LogP) is 2.42. The van der Waals surface area contributed by atoms with Gasteiger partial charge < -0.3 is 69.9 Å². The summed E-state index contributed by atoms with van der Waals surface area (Å²) in [7, 11) is 6.49. The molecule has 8 N–H and O–H groups in total. The predicted molar refractivity (Wildman–Crippen MR) is 242 cm³/mol. The maximum absolute atomic E-state index is 12.0. The molecule has 9 rings (SSSR count). The minimum atomic E-state index is -1.23. The number of hydrogen-bond acceptors (Lipinski definition) is 18. The number of hydrogen-bond donors (Lipinski definition) is 8. The second-order valence-electron chi connectivity index (χ2n) is 17.5. The van der Waals surface area contributed by atoms with E-state index in [-0.39, 0.29) is 30.6 Å². The topological polar surface area (TPSA) is 288 Å². The van der Waals surface area contributed by atoms with Crippen molar-refractivity contribution >= 4 is 58.0 Å². The Morgan fingerprint density at radius 1 is 0.636 bits per heavy atom. The minimum Gasteiger partial charge on any atom is -0.453 e. The first-order valence-corrected chi connectivity index (χ1v) is 22.5. The van der Waals surface area contributed by atoms with Gasteiger partial charge in [0.1, 0.15) is 12.2 Å². The SMILES string of the molecule is COC(=O)N[C@@H]1CC[C@H](n2cnc3c(N[C@H]4CC[C@H](Nc5nc(NCCc6cn(C)cn6)nc6c5ncn6[C@@H]5C[C@H](NC(=O)OC)[C@@H](O)[C@H]5O)CC4)nc(NCCc4cn(C)cn4)nc32)C1. The third-order valence-electron chi connectivity index (χ3n) is 12.9. The van der Waals surface area contributed by atoms with Gasteiger partial charge in [-0.2, -0.15) is 19.9 Å². The maximum atomic E-state index is 12.0. The number of rotatable bonds is 16. The number of carbonyl (C=O) groups is 2. The molecule has 0 unspecified atom stereocenters. The van der Waals surface area contributed by atoms with Crippen LogP contribution in [0.4, 0.5) is 33.1 Å². The van der Waals surface area contributed by atoms with E-state index in [1.165, 1.54) is 14.2 Å². The third-order valence-corrected chi connectivity index (χ3v) is 12.9. The fourth-order valence-corrected chi connectivity index (χ4v) is 9.47. The van der Waals surface area contributed by atoms with Gasteiger partial charge in [-0.1, -0.05) is 0 Å². The Labute approximate surface area is 379 Å². The van der Waals surface area contributed by atoms with E-state index in [2.05, 4.69) is 46.4 Å². The van der Waals surface area contributed by atoms with Crippen molar-refractivity contribution in [1.29, 1.82) is 0 Å². The van der Waals surface area contributed by atoms with Crippen LogP contribution in [0.5, 0.6) is 0 Å². The van der Waals surface area contributed by atoms with Crippen LogP contribution in [0.1, 0.15) is 74.8 Å². The smallest absolute Gasteiger partial charge is 0.407 e. The average molecular weight is 911 g/mol. The van der Waals surface area contributed by atoms with Crippen LogP contribution in [-0.2, 0) is 36.4 Å². The van der Waals surface area contributed by atoms with Gasteiger partial charge in [0.2, 0.25) is 11.9 Å². The quantitative estimate of drug-likeness (QED) is 0.0692. The van der Waals surface area contributed by atoms with Crippen molar-refractivity contribution in [3.05, 3.63) is 49.1 Å². The van der Waals surface area contributed by atoms with Crippen molar-refractivity contribution in [2.75, 3.05) is 48.6 Å². The van der Waals surface area contributed by atoms with Gasteiger partial charge >= 0.3 is 12.2 Å². The molecule has 0 aliphatic heterocycles. The molecule has 24 heteroatoms. The molecule has 3 fully saturated rings. The van der Waals surface area contributed by atoms with Crippen LogP contribution in [-0.4, -0.2) is 144 Å². The molecule has 6 heterocycles. The number of alkyl carbamates (subject to hydrolysis) is 2. The summed E-state index contributed by atoms with van der Waals surface area (Å²) in [5, 5.41) is 41.8. The standard InChI is InChI=1S/C42H58N18O6/c1-57-17-26(45-19-57)11-13-43-39-53-35(31-37(55-39)59(21-47-31)28-10-9-25(15-28)51-41(63)65-3)49-23-5-7-24(8-6-23)50-36-32-38(56-40(54-36)44-14-12-27-18-58(2)20-46-27)60(22-48-32)30-16-29(33(61)34(30)62)52-42(64)66-4/h17-25,28-30,33-34,61-62H,5-16H2,1-4H3,(H,51,63)(H,52,64)(H2,43,49,53,55)(H2,44,50,54,56)/t23-,24-,25-,28+,29+,30-,33-,34+/m1/s1. The van der Waals surface area contributed by atoms with Crippen LogP contribution < -0.4 is 31.9 Å². The van der Waals surface area contributed by atoms with E-state index >= 15 is 0 Å². The molecule has 6 aromatic rings. The number of aliphatic hydroxyl groups excluding tert-OH is 2. The zero-order valence-electron chi connectivity index (χ0n) is 37.5. The van der Waals surface area contributed by atoms with Gasteiger partial charge in [-0.25, -0.2) is 29.5 Å². The van der Waals surface area contributed by atoms with E-state index < -0.39 is 36.5 Å². The summed E-state index contributed by atoms with van der Waals surface area (Å²) >= 11 is 0. The van der Waals surface area contributed by atoms with Gasteiger partial charge in [-0.3, -0.25) is 0 Å². The molecule has 352 valence electrons. The summed E-state index contributed by atoms with van der Waals surface area (Å²) in [5.74, 6) is 2.07. The summed E-state index contributed by atoms with van der Waals surface area (Å²) in [5.41, 5.74) is 4.29. The lowest BCUT2D eigenvalue weighted by Gasteiger charge is -2.30. The fraction of sp³-hybridized carbons (Fsp3) is 0.571. The number of aliphatic hydroxyl groups is 2. The number of methoxy groups -OCH3 is 2. The molecular formula is C42H58N18O6. The van der Waals surface area contributed by atoms with Crippen molar-refractivity contribution in [3.63, 3.8) is 0 Å². The molecule has 0 radical (unpaired) electrons. The van der Waals surface area contributed by atoms with Gasteiger partial charge in [0.15, 0.2) is 34.0 Å². The van der Waals surface area contributed by atoms with E-state index in [1.807, 2.05) is 42.0 Å². The van der Waals surface area contributed by atoms with Gasteiger partial charge in [-0.15, -0.1) is 0 Å².